The Hall–Kier alpha value is -1.91. The molecule has 2 bridgehead atoms. The zero-order valence-electron chi connectivity index (χ0n) is 16.4. The van der Waals surface area contributed by atoms with Gasteiger partial charge in [0.05, 0.1) is 24.0 Å². The van der Waals surface area contributed by atoms with Gasteiger partial charge >= 0.3 is 0 Å². The lowest BCUT2D eigenvalue weighted by Gasteiger charge is -2.19. The lowest BCUT2D eigenvalue weighted by atomic mass is 9.81. The van der Waals surface area contributed by atoms with E-state index in [4.69, 9.17) is 4.74 Å². The first-order valence-corrected chi connectivity index (χ1v) is 11.2. The third-order valence-corrected chi connectivity index (χ3v) is 7.55. The van der Waals surface area contributed by atoms with E-state index in [9.17, 15) is 9.59 Å². The highest BCUT2D eigenvalue weighted by Gasteiger charge is 2.63. The van der Waals surface area contributed by atoms with Crippen molar-refractivity contribution in [2.24, 2.45) is 11.8 Å². The van der Waals surface area contributed by atoms with E-state index in [1.807, 2.05) is 13.8 Å². The molecule has 0 spiro atoms. The number of carbonyl (C=O) groups excluding carboxylic acids is 2. The third kappa shape index (κ3) is 2.54. The Morgan fingerprint density at radius 3 is 1.89 bits per heavy atom. The fourth-order valence-corrected chi connectivity index (χ4v) is 6.00. The van der Waals surface area contributed by atoms with Crippen LogP contribution in [-0.4, -0.2) is 30.0 Å². The zero-order valence-corrected chi connectivity index (χ0v) is 17.2. The minimum absolute atomic E-state index is 0.0358. The summed E-state index contributed by atoms with van der Waals surface area (Å²) in [4.78, 5) is 27.7. The fraction of sp³-hybridized carbons (Fsp3) is 0.417. The summed E-state index contributed by atoms with van der Waals surface area (Å²) >= 11 is 1.73. The van der Waals surface area contributed by atoms with Crippen LogP contribution in [0.25, 0.3) is 11.1 Å². The Morgan fingerprint density at radius 2 is 1.39 bits per heavy atom. The average Bonchev–Trinajstić information content (AvgIpc) is 3.37. The second kappa shape index (κ2) is 6.57. The Labute approximate surface area is 169 Å². The smallest absolute Gasteiger partial charge is 0.154 e. The predicted octanol–water partition coefficient (Wildman–Crippen LogP) is 4.72. The summed E-state index contributed by atoms with van der Waals surface area (Å²) < 4.78 is 5.88. The summed E-state index contributed by atoms with van der Waals surface area (Å²) in [6.07, 6.45) is 3.83. The number of ketones is 2. The van der Waals surface area contributed by atoms with Crippen molar-refractivity contribution in [3.8, 4) is 11.1 Å². The van der Waals surface area contributed by atoms with Gasteiger partial charge in [-0.1, -0.05) is 24.3 Å². The minimum atomic E-state index is -0.602. The molecule has 1 aliphatic carbocycles. The molecule has 3 aliphatic rings. The van der Waals surface area contributed by atoms with Gasteiger partial charge in [0, 0.05) is 4.90 Å². The molecule has 3 fully saturated rings. The average molecular weight is 393 g/mol. The van der Waals surface area contributed by atoms with E-state index >= 15 is 0 Å². The van der Waals surface area contributed by atoms with E-state index in [2.05, 4.69) is 42.7 Å². The molecule has 0 N–H and O–H groups in total. The molecule has 0 amide bonds. The summed E-state index contributed by atoms with van der Waals surface area (Å²) in [5, 5.41) is 0. The first-order valence-electron chi connectivity index (χ1n) is 9.98. The van der Waals surface area contributed by atoms with Gasteiger partial charge in [-0.25, -0.2) is 0 Å². The summed E-state index contributed by atoms with van der Waals surface area (Å²) in [5.41, 5.74) is 5.27. The van der Waals surface area contributed by atoms with Gasteiger partial charge in [-0.2, -0.15) is 0 Å². The van der Waals surface area contributed by atoms with Crippen LogP contribution >= 0.6 is 11.8 Å². The van der Waals surface area contributed by atoms with Gasteiger partial charge in [0.25, 0.3) is 0 Å². The second-order valence-electron chi connectivity index (χ2n) is 8.33. The maximum atomic E-state index is 13.2. The summed E-state index contributed by atoms with van der Waals surface area (Å²) in [6.45, 7) is 4.06. The standard InChI is InChI=1S/C24H24O3S/c1-12-10-15(14-4-6-16(28-3)7-5-14)11-13(2)19(12)22-23(25)20-17-8-9-18(27-17)21(20)24(22)26/h4-7,10-11,17-18,20-22H,8-9H2,1-3H3/t17-,18+,20-,21+,22?. The van der Waals surface area contributed by atoms with Crippen molar-refractivity contribution in [3.05, 3.63) is 53.1 Å². The predicted molar refractivity (Wildman–Crippen MR) is 111 cm³/mol. The number of hydrogen-bond acceptors (Lipinski definition) is 4. The Balaban J connectivity index is 1.52. The van der Waals surface area contributed by atoms with Crippen LogP contribution < -0.4 is 0 Å². The van der Waals surface area contributed by atoms with E-state index in [1.165, 1.54) is 4.90 Å². The summed E-state index contributed by atoms with van der Waals surface area (Å²) in [7, 11) is 0. The molecule has 0 radical (unpaired) electrons. The molecule has 5 atom stereocenters. The van der Waals surface area contributed by atoms with Gasteiger partial charge < -0.3 is 4.74 Å². The van der Waals surface area contributed by atoms with Gasteiger partial charge in [0.2, 0.25) is 0 Å². The van der Waals surface area contributed by atoms with Gasteiger partial charge in [-0.05, 0) is 72.9 Å². The SMILES string of the molecule is CSc1ccc(-c2cc(C)c(C3C(=O)[C@@H]4[C@H](C3=O)[C@H]3CC[C@@H]4O3)c(C)c2)cc1. The number of rotatable bonds is 3. The van der Waals surface area contributed by atoms with Crippen molar-refractivity contribution < 1.29 is 14.3 Å². The topological polar surface area (TPSA) is 43.4 Å². The van der Waals surface area contributed by atoms with Gasteiger partial charge in [-0.15, -0.1) is 11.8 Å². The highest BCUT2D eigenvalue weighted by Crippen LogP contribution is 2.53. The zero-order chi connectivity index (χ0) is 19.6. The molecule has 2 aromatic carbocycles. The van der Waals surface area contributed by atoms with Crippen molar-refractivity contribution in [2.75, 3.05) is 6.26 Å². The van der Waals surface area contributed by atoms with Crippen molar-refractivity contribution in [3.63, 3.8) is 0 Å². The van der Waals surface area contributed by atoms with Crippen LogP contribution in [-0.2, 0) is 14.3 Å². The van der Waals surface area contributed by atoms with E-state index in [-0.39, 0.29) is 35.6 Å². The molecule has 28 heavy (non-hydrogen) atoms. The van der Waals surface area contributed by atoms with Gasteiger partial charge in [0.1, 0.15) is 5.92 Å². The quantitative estimate of drug-likeness (QED) is 0.560. The van der Waals surface area contributed by atoms with Crippen molar-refractivity contribution in [1.29, 1.82) is 0 Å². The highest BCUT2D eigenvalue weighted by molar-refractivity contribution is 7.98. The summed E-state index contributed by atoms with van der Waals surface area (Å²) in [5.74, 6) is -0.853. The first-order chi connectivity index (χ1) is 13.5. The van der Waals surface area contributed by atoms with E-state index in [1.54, 1.807) is 11.8 Å². The second-order valence-corrected chi connectivity index (χ2v) is 9.21. The van der Waals surface area contributed by atoms with E-state index < -0.39 is 5.92 Å². The molecule has 2 saturated heterocycles. The monoisotopic (exact) mass is 392 g/mol. The summed E-state index contributed by atoms with van der Waals surface area (Å²) in [6, 6.07) is 12.8. The minimum Gasteiger partial charge on any atom is -0.373 e. The van der Waals surface area contributed by atoms with Crippen molar-refractivity contribution >= 4 is 23.3 Å². The van der Waals surface area contributed by atoms with Crippen LogP contribution in [0.5, 0.6) is 0 Å². The molecule has 0 aromatic heterocycles. The van der Waals surface area contributed by atoms with Crippen LogP contribution in [0.3, 0.4) is 0 Å². The third-order valence-electron chi connectivity index (χ3n) is 6.81. The molecular formula is C24H24O3S. The van der Waals surface area contributed by atoms with Crippen LogP contribution in [0.2, 0.25) is 0 Å². The number of ether oxygens (including phenoxy) is 1. The van der Waals surface area contributed by atoms with Crippen LogP contribution in [0.15, 0.2) is 41.3 Å². The number of Topliss-reactive ketones (excluding diaryl/α,β-unsaturated/α-hetero) is 2. The molecule has 4 heteroatoms. The van der Waals surface area contributed by atoms with Crippen LogP contribution in [0, 0.1) is 25.7 Å². The molecule has 3 nitrogen and oxygen atoms in total. The number of fused-ring (bicyclic) bond motifs is 5. The molecule has 2 aliphatic heterocycles. The molecule has 144 valence electrons. The fourth-order valence-electron chi connectivity index (χ4n) is 5.59. The first kappa shape index (κ1) is 18.1. The normalized spacial score (nSPS) is 30.9. The van der Waals surface area contributed by atoms with Crippen LogP contribution in [0.1, 0.15) is 35.4 Å². The van der Waals surface area contributed by atoms with Crippen LogP contribution in [0.4, 0.5) is 0 Å². The molecule has 1 unspecified atom stereocenters. The molecule has 1 saturated carbocycles. The number of hydrogen-bond donors (Lipinski definition) is 0. The van der Waals surface area contributed by atoms with Crippen molar-refractivity contribution in [2.45, 2.75) is 49.7 Å². The highest BCUT2D eigenvalue weighted by atomic mass is 32.2. The molecular weight excluding hydrogens is 368 g/mol. The van der Waals surface area contributed by atoms with E-state index in [0.717, 1.165) is 40.7 Å². The number of benzene rings is 2. The molecule has 2 heterocycles. The lowest BCUT2D eigenvalue weighted by Crippen LogP contribution is -2.29. The number of carbonyl (C=O) groups is 2. The Kier molecular flexibility index (Phi) is 4.25. The maximum absolute atomic E-state index is 13.2. The number of thioether (sulfide) groups is 1. The van der Waals surface area contributed by atoms with Gasteiger partial charge in [0.15, 0.2) is 11.6 Å². The largest absolute Gasteiger partial charge is 0.373 e. The molecule has 5 rings (SSSR count). The Bertz CT molecular complexity index is 927. The molecule has 2 aromatic rings. The van der Waals surface area contributed by atoms with E-state index in [0.29, 0.717) is 0 Å². The van der Waals surface area contributed by atoms with Crippen molar-refractivity contribution in [1.82, 2.24) is 0 Å². The lowest BCUT2D eigenvalue weighted by molar-refractivity contribution is -0.127. The Morgan fingerprint density at radius 1 is 0.857 bits per heavy atom. The maximum Gasteiger partial charge on any atom is 0.154 e. The number of aryl methyl sites for hydroxylation is 2. The van der Waals surface area contributed by atoms with Gasteiger partial charge in [-0.3, -0.25) is 9.59 Å².